The molecule has 1 N–H and O–H groups in total. The first-order valence-electron chi connectivity index (χ1n) is 10.9. The summed E-state index contributed by atoms with van der Waals surface area (Å²) in [6.07, 6.45) is 0. The summed E-state index contributed by atoms with van der Waals surface area (Å²) in [5, 5.41) is 0. The number of aryl methyl sites for hydroxylation is 2. The van der Waals surface area contributed by atoms with Crippen molar-refractivity contribution in [2.24, 2.45) is 0 Å². The van der Waals surface area contributed by atoms with Gasteiger partial charge in [-0.2, -0.15) is 0 Å². The van der Waals surface area contributed by atoms with Gasteiger partial charge in [-0.05, 0) is 58.4 Å². The molecule has 4 rings (SSSR count). The van der Waals surface area contributed by atoms with E-state index in [1.807, 2.05) is 36.6 Å². The van der Waals surface area contributed by atoms with Crippen molar-refractivity contribution in [3.63, 3.8) is 0 Å². The fourth-order valence-electron chi connectivity index (χ4n) is 4.21. The molecule has 0 saturated carbocycles. The Morgan fingerprint density at radius 3 is 2.47 bits per heavy atom. The standard InChI is InChI=1S/C25H26N2O7/c1-6-31-25(30)23-14(3)22(15(4)26-23)24(29)32-11-19(28)18-9-13(2)27(16(18)5)17-7-8-20-21(10-17)34-12-33-20/h7-10,26H,6,11-12H2,1-5H3. The van der Waals surface area contributed by atoms with Crippen molar-refractivity contribution in [1.29, 1.82) is 0 Å². The molecule has 0 spiro atoms. The molecule has 3 aromatic rings. The number of nitrogens with zero attached hydrogens (tertiary/aromatic N) is 1. The van der Waals surface area contributed by atoms with E-state index in [-0.39, 0.29) is 30.4 Å². The van der Waals surface area contributed by atoms with Crippen molar-refractivity contribution in [1.82, 2.24) is 9.55 Å². The van der Waals surface area contributed by atoms with Gasteiger partial charge in [0.1, 0.15) is 5.69 Å². The number of ether oxygens (including phenoxy) is 4. The minimum atomic E-state index is -0.681. The van der Waals surface area contributed by atoms with E-state index in [1.165, 1.54) is 0 Å². The van der Waals surface area contributed by atoms with E-state index < -0.39 is 18.5 Å². The Morgan fingerprint density at radius 2 is 1.74 bits per heavy atom. The number of fused-ring (bicyclic) bond motifs is 1. The molecule has 3 heterocycles. The Labute approximate surface area is 196 Å². The van der Waals surface area contributed by atoms with Gasteiger partial charge in [0.25, 0.3) is 0 Å². The van der Waals surface area contributed by atoms with Crippen LogP contribution < -0.4 is 9.47 Å². The lowest BCUT2D eigenvalue weighted by atomic mass is 10.1. The molecule has 178 valence electrons. The van der Waals surface area contributed by atoms with Crippen LogP contribution in [0.3, 0.4) is 0 Å². The normalized spacial score (nSPS) is 12.0. The second-order valence-electron chi connectivity index (χ2n) is 8.00. The predicted octanol–water partition coefficient (Wildman–Crippen LogP) is 3.98. The lowest BCUT2D eigenvalue weighted by Gasteiger charge is -2.11. The van der Waals surface area contributed by atoms with Crippen LogP contribution in [0.1, 0.15) is 60.8 Å². The molecule has 0 atom stereocenters. The molecular formula is C25H26N2O7. The molecule has 0 radical (unpaired) electrons. The largest absolute Gasteiger partial charge is 0.461 e. The van der Waals surface area contributed by atoms with Gasteiger partial charge < -0.3 is 28.5 Å². The molecule has 1 aliphatic heterocycles. The lowest BCUT2D eigenvalue weighted by molar-refractivity contribution is 0.0473. The topological polar surface area (TPSA) is 109 Å². The molecule has 0 fully saturated rings. The number of rotatable bonds is 7. The third-order valence-electron chi connectivity index (χ3n) is 5.80. The Balaban J connectivity index is 1.51. The van der Waals surface area contributed by atoms with Crippen LogP contribution in [-0.2, 0) is 9.47 Å². The Kier molecular flexibility index (Phi) is 6.19. The number of aromatic amines is 1. The molecule has 0 unspecified atom stereocenters. The predicted molar refractivity (Wildman–Crippen MR) is 122 cm³/mol. The van der Waals surface area contributed by atoms with Crippen LogP contribution in [0.15, 0.2) is 24.3 Å². The first-order valence-corrected chi connectivity index (χ1v) is 10.9. The van der Waals surface area contributed by atoms with Crippen LogP contribution >= 0.6 is 0 Å². The van der Waals surface area contributed by atoms with E-state index in [2.05, 4.69) is 4.98 Å². The SMILES string of the molecule is CCOC(=O)c1[nH]c(C)c(C(=O)OCC(=O)c2cc(C)n(-c3ccc4c(c3)OCO4)c2C)c1C. The van der Waals surface area contributed by atoms with Crippen LogP contribution in [0.2, 0.25) is 0 Å². The number of carbonyl (C=O) groups is 3. The van der Waals surface area contributed by atoms with Crippen molar-refractivity contribution in [2.75, 3.05) is 20.0 Å². The highest BCUT2D eigenvalue weighted by Gasteiger charge is 2.25. The van der Waals surface area contributed by atoms with Gasteiger partial charge >= 0.3 is 11.9 Å². The second-order valence-corrected chi connectivity index (χ2v) is 8.00. The highest BCUT2D eigenvalue weighted by Crippen LogP contribution is 2.35. The fraction of sp³-hybridized carbons (Fsp3) is 0.320. The minimum absolute atomic E-state index is 0.179. The zero-order chi connectivity index (χ0) is 24.6. The molecule has 0 aliphatic carbocycles. The number of H-pyrrole nitrogens is 1. The average molecular weight is 466 g/mol. The number of ketones is 1. The molecule has 0 saturated heterocycles. The van der Waals surface area contributed by atoms with Crippen molar-refractivity contribution < 1.29 is 33.3 Å². The maximum Gasteiger partial charge on any atom is 0.355 e. The van der Waals surface area contributed by atoms with Crippen LogP contribution in [0.5, 0.6) is 11.5 Å². The van der Waals surface area contributed by atoms with E-state index in [1.54, 1.807) is 26.8 Å². The number of benzene rings is 1. The van der Waals surface area contributed by atoms with Crippen molar-refractivity contribution >= 4 is 17.7 Å². The van der Waals surface area contributed by atoms with E-state index in [4.69, 9.17) is 18.9 Å². The molecular weight excluding hydrogens is 440 g/mol. The highest BCUT2D eigenvalue weighted by molar-refractivity contribution is 6.02. The molecule has 1 aromatic carbocycles. The second kappa shape index (κ2) is 9.09. The average Bonchev–Trinajstić information content (AvgIpc) is 3.47. The van der Waals surface area contributed by atoms with E-state index in [0.717, 1.165) is 17.1 Å². The van der Waals surface area contributed by atoms with Gasteiger partial charge in [0.15, 0.2) is 18.1 Å². The maximum absolute atomic E-state index is 12.9. The summed E-state index contributed by atoms with van der Waals surface area (Å²) in [5.41, 5.74) is 4.18. The molecule has 0 bridgehead atoms. The zero-order valence-corrected chi connectivity index (χ0v) is 19.7. The van der Waals surface area contributed by atoms with E-state index in [0.29, 0.717) is 28.3 Å². The van der Waals surface area contributed by atoms with Gasteiger partial charge in [0.05, 0.1) is 12.2 Å². The smallest absolute Gasteiger partial charge is 0.355 e. The number of esters is 2. The lowest BCUT2D eigenvalue weighted by Crippen LogP contribution is -2.16. The maximum atomic E-state index is 12.9. The number of hydrogen-bond donors (Lipinski definition) is 1. The van der Waals surface area contributed by atoms with Gasteiger partial charge in [-0.15, -0.1) is 0 Å². The summed E-state index contributed by atoms with van der Waals surface area (Å²) in [6, 6.07) is 7.34. The Hall–Kier alpha value is -4.01. The van der Waals surface area contributed by atoms with Crippen LogP contribution in [-0.4, -0.2) is 47.3 Å². The summed E-state index contributed by atoms with van der Waals surface area (Å²) in [7, 11) is 0. The van der Waals surface area contributed by atoms with Gasteiger partial charge in [-0.1, -0.05) is 0 Å². The minimum Gasteiger partial charge on any atom is -0.461 e. The molecule has 0 amide bonds. The number of Topliss-reactive ketones (excluding diaryl/α,β-unsaturated/α-hetero) is 1. The van der Waals surface area contributed by atoms with Crippen LogP contribution in [0.25, 0.3) is 5.69 Å². The highest BCUT2D eigenvalue weighted by atomic mass is 16.7. The first-order chi connectivity index (χ1) is 16.2. The van der Waals surface area contributed by atoms with Gasteiger partial charge in [0, 0.05) is 34.4 Å². The molecule has 9 heteroatoms. The number of hydrogen-bond acceptors (Lipinski definition) is 7. The summed E-state index contributed by atoms with van der Waals surface area (Å²) in [4.78, 5) is 40.6. The van der Waals surface area contributed by atoms with Crippen molar-refractivity contribution in [3.05, 3.63) is 63.7 Å². The molecule has 2 aromatic heterocycles. The summed E-state index contributed by atoms with van der Waals surface area (Å²) < 4.78 is 23.1. The monoisotopic (exact) mass is 466 g/mol. The summed E-state index contributed by atoms with van der Waals surface area (Å²) in [5.74, 6) is -0.235. The van der Waals surface area contributed by atoms with Crippen LogP contribution in [0.4, 0.5) is 0 Å². The molecule has 9 nitrogen and oxygen atoms in total. The Morgan fingerprint density at radius 1 is 1.00 bits per heavy atom. The van der Waals surface area contributed by atoms with E-state index >= 15 is 0 Å². The quantitative estimate of drug-likeness (QED) is 0.414. The van der Waals surface area contributed by atoms with E-state index in [9.17, 15) is 14.4 Å². The number of aromatic nitrogens is 2. The van der Waals surface area contributed by atoms with Gasteiger partial charge in [-0.25, -0.2) is 9.59 Å². The Bertz CT molecular complexity index is 1300. The van der Waals surface area contributed by atoms with Gasteiger partial charge in [0.2, 0.25) is 12.6 Å². The van der Waals surface area contributed by atoms with Gasteiger partial charge in [-0.3, -0.25) is 4.79 Å². The van der Waals surface area contributed by atoms with Crippen molar-refractivity contribution in [2.45, 2.75) is 34.6 Å². The first kappa shape index (κ1) is 23.2. The third-order valence-corrected chi connectivity index (χ3v) is 5.80. The fourth-order valence-corrected chi connectivity index (χ4v) is 4.21. The molecule has 34 heavy (non-hydrogen) atoms. The third kappa shape index (κ3) is 4.05. The van der Waals surface area contributed by atoms with Crippen molar-refractivity contribution in [3.8, 4) is 17.2 Å². The summed E-state index contributed by atoms with van der Waals surface area (Å²) >= 11 is 0. The number of nitrogens with one attached hydrogen (secondary N) is 1. The number of carbonyl (C=O) groups excluding carboxylic acids is 3. The van der Waals surface area contributed by atoms with Crippen LogP contribution in [0, 0.1) is 27.7 Å². The molecule has 1 aliphatic rings. The summed E-state index contributed by atoms with van der Waals surface area (Å²) in [6.45, 7) is 8.69. The zero-order valence-electron chi connectivity index (χ0n) is 19.7.